The summed E-state index contributed by atoms with van der Waals surface area (Å²) >= 11 is 0. The van der Waals surface area contributed by atoms with Gasteiger partial charge >= 0.3 is 0 Å². The van der Waals surface area contributed by atoms with Crippen molar-refractivity contribution in [1.29, 1.82) is 0 Å². The van der Waals surface area contributed by atoms with E-state index in [1.54, 1.807) is 7.05 Å². The largest absolute Gasteiger partial charge is 0.308 e. The SMILES string of the molecule is [CH2]C(C=O)(NC)C1CC1. The maximum atomic E-state index is 10.4. The van der Waals surface area contributed by atoms with Crippen molar-refractivity contribution in [3.05, 3.63) is 6.92 Å². The van der Waals surface area contributed by atoms with Gasteiger partial charge in [-0.3, -0.25) is 0 Å². The number of aldehydes is 1. The van der Waals surface area contributed by atoms with E-state index in [2.05, 4.69) is 12.2 Å². The molecule has 0 amide bonds. The molecule has 1 fully saturated rings. The first kappa shape index (κ1) is 6.75. The van der Waals surface area contributed by atoms with E-state index in [1.807, 2.05) is 0 Å². The Balaban J connectivity index is 2.53. The molecule has 1 N–H and O–H groups in total. The summed E-state index contributed by atoms with van der Waals surface area (Å²) in [4.78, 5) is 10.4. The first-order chi connectivity index (χ1) is 4.23. The number of carbonyl (C=O) groups excluding carboxylic acids is 1. The maximum Gasteiger partial charge on any atom is 0.140 e. The third-order valence-corrected chi connectivity index (χ3v) is 1.98. The van der Waals surface area contributed by atoms with Gasteiger partial charge in [0.2, 0.25) is 0 Å². The molecule has 1 unspecified atom stereocenters. The van der Waals surface area contributed by atoms with Crippen LogP contribution in [0.5, 0.6) is 0 Å². The molecular formula is C7H12NO. The van der Waals surface area contributed by atoms with Crippen molar-refractivity contribution in [2.45, 2.75) is 18.4 Å². The average Bonchev–Trinajstić information content (AvgIpc) is 2.68. The van der Waals surface area contributed by atoms with E-state index in [9.17, 15) is 4.79 Å². The van der Waals surface area contributed by atoms with Crippen molar-refractivity contribution >= 4 is 6.29 Å². The summed E-state index contributed by atoms with van der Waals surface area (Å²) < 4.78 is 0. The van der Waals surface area contributed by atoms with Crippen molar-refractivity contribution in [3.63, 3.8) is 0 Å². The molecule has 2 nitrogen and oxygen atoms in total. The molecule has 1 atom stereocenters. The third kappa shape index (κ3) is 1.13. The molecule has 1 saturated carbocycles. The summed E-state index contributed by atoms with van der Waals surface area (Å²) in [6.07, 6.45) is 3.19. The molecule has 0 aromatic carbocycles. The molecule has 51 valence electrons. The molecule has 1 radical (unpaired) electrons. The van der Waals surface area contributed by atoms with Crippen LogP contribution in [0.1, 0.15) is 12.8 Å². The lowest BCUT2D eigenvalue weighted by atomic mass is 9.99. The van der Waals surface area contributed by atoms with Crippen LogP contribution in [0.4, 0.5) is 0 Å². The quantitative estimate of drug-likeness (QED) is 0.554. The van der Waals surface area contributed by atoms with Gasteiger partial charge in [-0.05, 0) is 32.7 Å². The zero-order valence-corrected chi connectivity index (χ0v) is 5.68. The van der Waals surface area contributed by atoms with E-state index in [-0.39, 0.29) is 0 Å². The van der Waals surface area contributed by atoms with Crippen LogP contribution in [0.25, 0.3) is 0 Å². The lowest BCUT2D eigenvalue weighted by molar-refractivity contribution is -0.112. The highest BCUT2D eigenvalue weighted by atomic mass is 16.1. The molecule has 1 rings (SSSR count). The lowest BCUT2D eigenvalue weighted by Crippen LogP contribution is -2.43. The number of likely N-dealkylation sites (N-methyl/N-ethyl adjacent to an activating group) is 1. The second kappa shape index (κ2) is 2.10. The monoisotopic (exact) mass is 126 g/mol. The van der Waals surface area contributed by atoms with Crippen molar-refractivity contribution < 1.29 is 4.79 Å². The van der Waals surface area contributed by atoms with Crippen molar-refractivity contribution in [2.75, 3.05) is 7.05 Å². The van der Waals surface area contributed by atoms with E-state index in [0.717, 1.165) is 19.1 Å². The predicted octanol–water partition coefficient (Wildman–Crippen LogP) is 0.388. The Bertz CT molecular complexity index is 120. The Kier molecular flexibility index (Phi) is 1.58. The molecule has 0 aromatic heterocycles. The number of hydrogen-bond acceptors (Lipinski definition) is 2. The van der Waals surface area contributed by atoms with E-state index < -0.39 is 5.54 Å². The molecule has 9 heavy (non-hydrogen) atoms. The second-order valence-corrected chi connectivity index (χ2v) is 2.68. The molecule has 1 aliphatic carbocycles. The van der Waals surface area contributed by atoms with Gasteiger partial charge < -0.3 is 10.1 Å². The van der Waals surface area contributed by atoms with Gasteiger partial charge in [0, 0.05) is 0 Å². The minimum Gasteiger partial charge on any atom is -0.308 e. The lowest BCUT2D eigenvalue weighted by Gasteiger charge is -2.20. The summed E-state index contributed by atoms with van der Waals surface area (Å²) in [6.45, 7) is 3.79. The van der Waals surface area contributed by atoms with Crippen LogP contribution in [0.3, 0.4) is 0 Å². The summed E-state index contributed by atoms with van der Waals surface area (Å²) in [5.41, 5.74) is -0.486. The summed E-state index contributed by atoms with van der Waals surface area (Å²) in [5.74, 6) is 0.486. The number of carbonyl (C=O) groups is 1. The fourth-order valence-electron chi connectivity index (χ4n) is 0.958. The number of rotatable bonds is 3. The molecule has 2 heteroatoms. The molecule has 0 spiro atoms. The van der Waals surface area contributed by atoms with Crippen LogP contribution in [0.15, 0.2) is 0 Å². The van der Waals surface area contributed by atoms with Gasteiger partial charge in [-0.25, -0.2) is 0 Å². The van der Waals surface area contributed by atoms with Crippen molar-refractivity contribution in [1.82, 2.24) is 5.32 Å². The molecule has 1 aliphatic rings. The Labute approximate surface area is 55.6 Å². The maximum absolute atomic E-state index is 10.4. The van der Waals surface area contributed by atoms with Gasteiger partial charge in [-0.1, -0.05) is 0 Å². The molecule has 0 aliphatic heterocycles. The average molecular weight is 126 g/mol. The van der Waals surface area contributed by atoms with Gasteiger partial charge in [-0.15, -0.1) is 0 Å². The first-order valence-corrected chi connectivity index (χ1v) is 3.23. The van der Waals surface area contributed by atoms with Crippen LogP contribution in [-0.4, -0.2) is 18.9 Å². The fourth-order valence-corrected chi connectivity index (χ4v) is 0.958. The molecular weight excluding hydrogens is 114 g/mol. The van der Waals surface area contributed by atoms with Crippen molar-refractivity contribution in [3.8, 4) is 0 Å². The van der Waals surface area contributed by atoms with Gasteiger partial charge in [0.25, 0.3) is 0 Å². The smallest absolute Gasteiger partial charge is 0.140 e. The highest BCUT2D eigenvalue weighted by Gasteiger charge is 2.40. The summed E-state index contributed by atoms with van der Waals surface area (Å²) in [6, 6.07) is 0. The third-order valence-electron chi connectivity index (χ3n) is 1.98. The van der Waals surface area contributed by atoms with Gasteiger partial charge in [0.1, 0.15) is 6.29 Å². The highest BCUT2D eigenvalue weighted by molar-refractivity contribution is 5.66. The molecule has 0 saturated heterocycles. The minimum absolute atomic E-state index is 0.486. The Morgan fingerprint density at radius 1 is 1.78 bits per heavy atom. The molecule has 0 bridgehead atoms. The van der Waals surface area contributed by atoms with E-state index in [4.69, 9.17) is 0 Å². The Hall–Kier alpha value is -0.370. The first-order valence-electron chi connectivity index (χ1n) is 3.23. The van der Waals surface area contributed by atoms with E-state index in [1.165, 1.54) is 0 Å². The van der Waals surface area contributed by atoms with Crippen LogP contribution >= 0.6 is 0 Å². The van der Waals surface area contributed by atoms with Crippen LogP contribution in [-0.2, 0) is 4.79 Å². The zero-order valence-electron chi connectivity index (χ0n) is 5.68. The zero-order chi connectivity index (χ0) is 6.91. The van der Waals surface area contributed by atoms with Crippen LogP contribution in [0.2, 0.25) is 0 Å². The Morgan fingerprint density at radius 2 is 2.33 bits per heavy atom. The fraction of sp³-hybridized carbons (Fsp3) is 0.714. The van der Waals surface area contributed by atoms with Gasteiger partial charge in [0.05, 0.1) is 5.54 Å². The second-order valence-electron chi connectivity index (χ2n) is 2.68. The van der Waals surface area contributed by atoms with Gasteiger partial charge in [-0.2, -0.15) is 0 Å². The number of nitrogens with one attached hydrogen (secondary N) is 1. The molecule has 0 aromatic rings. The van der Waals surface area contributed by atoms with Crippen LogP contribution in [0, 0.1) is 12.8 Å². The summed E-state index contributed by atoms with van der Waals surface area (Å²) in [5, 5.41) is 2.91. The van der Waals surface area contributed by atoms with E-state index in [0.29, 0.717) is 5.92 Å². The number of hydrogen-bond donors (Lipinski definition) is 1. The minimum atomic E-state index is -0.486. The van der Waals surface area contributed by atoms with E-state index >= 15 is 0 Å². The van der Waals surface area contributed by atoms with Crippen molar-refractivity contribution in [2.24, 2.45) is 5.92 Å². The van der Waals surface area contributed by atoms with Gasteiger partial charge in [0.15, 0.2) is 0 Å². The van der Waals surface area contributed by atoms with Crippen LogP contribution < -0.4 is 5.32 Å². The highest BCUT2D eigenvalue weighted by Crippen LogP contribution is 2.37. The molecule has 0 heterocycles. The predicted molar refractivity (Wildman–Crippen MR) is 35.9 cm³/mol. The normalized spacial score (nSPS) is 25.1. The standard InChI is InChI=1S/C7H12NO/c1-7(5-9,8-2)6-3-4-6/h5-6,8H,1,3-4H2,2H3. The Morgan fingerprint density at radius 3 is 2.44 bits per heavy atom. The summed E-state index contributed by atoms with van der Waals surface area (Å²) in [7, 11) is 1.78. The topological polar surface area (TPSA) is 29.1 Å².